The van der Waals surface area contributed by atoms with E-state index in [-0.39, 0.29) is 18.8 Å². The summed E-state index contributed by atoms with van der Waals surface area (Å²) >= 11 is 0. The molecule has 14 heteroatoms. The van der Waals surface area contributed by atoms with Crippen molar-refractivity contribution in [1.82, 2.24) is 16.0 Å². The van der Waals surface area contributed by atoms with E-state index in [2.05, 4.69) is 16.0 Å². The lowest BCUT2D eigenvalue weighted by molar-refractivity contribution is -0.145. The van der Waals surface area contributed by atoms with Gasteiger partial charge in [-0.25, -0.2) is 4.79 Å². The normalized spacial score (nSPS) is 15.5. The summed E-state index contributed by atoms with van der Waals surface area (Å²) in [4.78, 5) is 70.4. The van der Waals surface area contributed by atoms with Crippen LogP contribution in [-0.4, -0.2) is 86.3 Å². The molecule has 33 heavy (non-hydrogen) atoms. The third kappa shape index (κ3) is 11.8. The number of aliphatic hydroxyl groups excluding tert-OH is 1. The maximum absolute atomic E-state index is 12.7. The Morgan fingerprint density at radius 1 is 0.788 bits per heavy atom. The first-order chi connectivity index (χ1) is 15.1. The van der Waals surface area contributed by atoms with Gasteiger partial charge in [0.15, 0.2) is 6.04 Å². The Morgan fingerprint density at radius 2 is 1.30 bits per heavy atom. The fourth-order valence-electron chi connectivity index (χ4n) is 2.69. The molecule has 0 aliphatic rings. The molecule has 5 unspecified atom stereocenters. The molecule has 3 amide bonds. The molecule has 5 atom stereocenters. The molecule has 0 aliphatic heterocycles. The van der Waals surface area contributed by atoms with E-state index < -0.39 is 78.7 Å². The number of aliphatic hydroxyl groups is 1. The quantitative estimate of drug-likeness (QED) is 0.124. The Hall–Kier alpha value is -3.26. The Bertz CT molecular complexity index is 740. The van der Waals surface area contributed by atoms with Crippen molar-refractivity contribution in [2.75, 3.05) is 0 Å². The number of rotatable bonds is 15. The summed E-state index contributed by atoms with van der Waals surface area (Å²) in [6, 6.07) is -5.90. The van der Waals surface area contributed by atoms with Gasteiger partial charge in [0.2, 0.25) is 17.7 Å². The molecule has 0 saturated heterocycles. The molecule has 0 saturated carbocycles. The van der Waals surface area contributed by atoms with Gasteiger partial charge in [-0.15, -0.1) is 0 Å². The minimum Gasteiger partial charge on any atom is -0.481 e. The summed E-state index contributed by atoms with van der Waals surface area (Å²) in [5.74, 6) is -7.23. The van der Waals surface area contributed by atoms with Crippen molar-refractivity contribution in [3.8, 4) is 0 Å². The fraction of sp³-hybridized carbons (Fsp3) is 0.684. The van der Waals surface area contributed by atoms with Gasteiger partial charge in [0, 0.05) is 6.42 Å². The molecule has 0 heterocycles. The van der Waals surface area contributed by atoms with Gasteiger partial charge in [0.05, 0.1) is 18.6 Å². The Morgan fingerprint density at radius 3 is 1.73 bits per heavy atom. The summed E-state index contributed by atoms with van der Waals surface area (Å²) in [5, 5.41) is 43.0. The van der Waals surface area contributed by atoms with E-state index in [9.17, 15) is 33.9 Å². The molecule has 0 radical (unpaired) electrons. The number of amides is 3. The van der Waals surface area contributed by atoms with Crippen LogP contribution in [0.1, 0.15) is 46.5 Å². The molecule has 0 spiro atoms. The molecular weight excluding hydrogens is 444 g/mol. The number of carboxylic acid groups (broad SMARTS) is 3. The van der Waals surface area contributed by atoms with Crippen LogP contribution in [0.5, 0.6) is 0 Å². The largest absolute Gasteiger partial charge is 0.481 e. The van der Waals surface area contributed by atoms with Gasteiger partial charge in [-0.05, 0) is 25.7 Å². The van der Waals surface area contributed by atoms with E-state index in [0.717, 1.165) is 6.92 Å². The lowest BCUT2D eigenvalue weighted by Crippen LogP contribution is -2.58. The highest BCUT2D eigenvalue weighted by atomic mass is 16.4. The zero-order valence-electron chi connectivity index (χ0n) is 18.6. The van der Waals surface area contributed by atoms with Gasteiger partial charge in [0.25, 0.3) is 0 Å². The lowest BCUT2D eigenvalue weighted by atomic mass is 10.0. The minimum absolute atomic E-state index is 0.0373. The van der Waals surface area contributed by atoms with Crippen LogP contribution in [0.25, 0.3) is 0 Å². The summed E-state index contributed by atoms with van der Waals surface area (Å²) in [5.41, 5.74) is 5.57. The van der Waals surface area contributed by atoms with Crippen molar-refractivity contribution < 1.29 is 49.2 Å². The fourth-order valence-corrected chi connectivity index (χ4v) is 2.69. The third-order valence-electron chi connectivity index (χ3n) is 4.40. The zero-order chi connectivity index (χ0) is 25.9. The predicted octanol–water partition coefficient (Wildman–Crippen LogP) is -2.38. The van der Waals surface area contributed by atoms with E-state index in [1.165, 1.54) is 0 Å². The van der Waals surface area contributed by atoms with Gasteiger partial charge < -0.3 is 42.1 Å². The monoisotopic (exact) mass is 476 g/mol. The molecule has 0 fully saturated rings. The van der Waals surface area contributed by atoms with E-state index in [1.807, 2.05) is 0 Å². The Labute approximate surface area is 189 Å². The summed E-state index contributed by atoms with van der Waals surface area (Å²) < 4.78 is 0. The van der Waals surface area contributed by atoms with Gasteiger partial charge >= 0.3 is 17.9 Å². The van der Waals surface area contributed by atoms with Crippen LogP contribution < -0.4 is 21.7 Å². The molecular formula is C19H32N4O10. The lowest BCUT2D eigenvalue weighted by Gasteiger charge is -2.26. The Kier molecular flexibility index (Phi) is 12.6. The molecule has 0 aliphatic carbocycles. The standard InChI is InChI=1S/C19H32N4O10/c1-8(2)6-11(18(31)23-15(9(3)24)19(32)33)22-17(30)12(7-14(27)28)21-16(29)10(20)4-5-13(25)26/h8-12,15,24H,4-7,20H2,1-3H3,(H,21,29)(H,22,30)(H,23,31)(H,25,26)(H,27,28)(H,32,33). The van der Waals surface area contributed by atoms with Crippen LogP contribution in [0.2, 0.25) is 0 Å². The van der Waals surface area contributed by atoms with Crippen molar-refractivity contribution >= 4 is 35.6 Å². The average Bonchev–Trinajstić information content (AvgIpc) is 2.67. The summed E-state index contributed by atoms with van der Waals surface area (Å²) in [7, 11) is 0. The number of carbonyl (C=O) groups excluding carboxylic acids is 3. The van der Waals surface area contributed by atoms with Crippen LogP contribution in [0.4, 0.5) is 0 Å². The van der Waals surface area contributed by atoms with Crippen molar-refractivity contribution in [2.24, 2.45) is 11.7 Å². The van der Waals surface area contributed by atoms with Gasteiger partial charge in [-0.3, -0.25) is 24.0 Å². The molecule has 9 N–H and O–H groups in total. The zero-order valence-corrected chi connectivity index (χ0v) is 18.6. The van der Waals surface area contributed by atoms with Crippen LogP contribution in [0.3, 0.4) is 0 Å². The molecule has 0 aromatic heterocycles. The summed E-state index contributed by atoms with van der Waals surface area (Å²) in [6.45, 7) is 4.59. The number of carboxylic acids is 3. The van der Waals surface area contributed by atoms with Crippen LogP contribution in [-0.2, 0) is 28.8 Å². The maximum Gasteiger partial charge on any atom is 0.328 e. The molecule has 0 bridgehead atoms. The van der Waals surface area contributed by atoms with Gasteiger partial charge in [0.1, 0.15) is 12.1 Å². The average molecular weight is 476 g/mol. The first-order valence-corrected chi connectivity index (χ1v) is 10.2. The molecule has 0 rings (SSSR count). The van der Waals surface area contributed by atoms with Crippen molar-refractivity contribution in [2.45, 2.75) is 76.7 Å². The van der Waals surface area contributed by atoms with Crippen LogP contribution in [0.15, 0.2) is 0 Å². The maximum atomic E-state index is 12.7. The third-order valence-corrected chi connectivity index (χ3v) is 4.40. The van der Waals surface area contributed by atoms with Crippen LogP contribution in [0, 0.1) is 5.92 Å². The highest BCUT2D eigenvalue weighted by molar-refractivity contribution is 5.95. The van der Waals surface area contributed by atoms with E-state index >= 15 is 0 Å². The topological polar surface area (TPSA) is 245 Å². The van der Waals surface area contributed by atoms with Crippen molar-refractivity contribution in [3.63, 3.8) is 0 Å². The van der Waals surface area contributed by atoms with Gasteiger partial charge in [-0.2, -0.15) is 0 Å². The molecule has 188 valence electrons. The minimum atomic E-state index is -1.65. The predicted molar refractivity (Wildman–Crippen MR) is 112 cm³/mol. The summed E-state index contributed by atoms with van der Waals surface area (Å²) in [6.07, 6.45) is -2.93. The molecule has 14 nitrogen and oxygen atoms in total. The first kappa shape index (κ1) is 29.7. The molecule has 0 aromatic rings. The first-order valence-electron chi connectivity index (χ1n) is 10.2. The number of hydrogen-bond donors (Lipinski definition) is 8. The van der Waals surface area contributed by atoms with E-state index in [1.54, 1.807) is 13.8 Å². The van der Waals surface area contributed by atoms with E-state index in [0.29, 0.717) is 0 Å². The number of aliphatic carboxylic acids is 3. The van der Waals surface area contributed by atoms with Crippen molar-refractivity contribution in [3.05, 3.63) is 0 Å². The second-order valence-electron chi connectivity index (χ2n) is 7.95. The smallest absolute Gasteiger partial charge is 0.328 e. The number of nitrogens with two attached hydrogens (primary N) is 1. The second-order valence-corrected chi connectivity index (χ2v) is 7.95. The van der Waals surface area contributed by atoms with Crippen molar-refractivity contribution in [1.29, 1.82) is 0 Å². The number of carbonyl (C=O) groups is 6. The number of hydrogen-bond acceptors (Lipinski definition) is 8. The highest BCUT2D eigenvalue weighted by Crippen LogP contribution is 2.08. The number of nitrogens with one attached hydrogen (secondary N) is 3. The highest BCUT2D eigenvalue weighted by Gasteiger charge is 2.33. The van der Waals surface area contributed by atoms with Gasteiger partial charge in [-0.1, -0.05) is 13.8 Å². The van der Waals surface area contributed by atoms with E-state index in [4.69, 9.17) is 21.1 Å². The second kappa shape index (κ2) is 14.0. The Balaban J connectivity index is 5.49. The van der Waals surface area contributed by atoms with Crippen LogP contribution >= 0.6 is 0 Å². The SMILES string of the molecule is CC(C)CC(NC(=O)C(CC(=O)O)NC(=O)C(N)CCC(=O)O)C(=O)NC(C(=O)O)C(C)O. The molecule has 0 aromatic carbocycles.